The lowest BCUT2D eigenvalue weighted by atomic mass is 9.97. The van der Waals surface area contributed by atoms with Gasteiger partial charge in [-0.2, -0.15) is 0 Å². The first-order valence-corrected chi connectivity index (χ1v) is 6.65. The van der Waals surface area contributed by atoms with E-state index in [0.29, 0.717) is 10.9 Å². The predicted octanol–water partition coefficient (Wildman–Crippen LogP) is 2.84. The Kier molecular flexibility index (Phi) is 4.29. The summed E-state index contributed by atoms with van der Waals surface area (Å²) in [5.74, 6) is -0.152. The van der Waals surface area contributed by atoms with Crippen LogP contribution in [0.15, 0.2) is 22.7 Å². The summed E-state index contributed by atoms with van der Waals surface area (Å²) in [4.78, 5) is 12.0. The Hall–Kier alpha value is -0.740. The van der Waals surface area contributed by atoms with Gasteiger partial charge in [0.15, 0.2) is 5.78 Å². The standard InChI is InChI=1S/C13H15BrFNO/c14-10-5-9(6-11(15)8-10)7-13(17)12-3-1-2-4-16-12/h5-6,8,12,16H,1-4,7H2. The number of Topliss-reactive ketones (excluding diaryl/α,β-unsaturated/α-hetero) is 1. The van der Waals surface area contributed by atoms with E-state index in [9.17, 15) is 9.18 Å². The van der Waals surface area contributed by atoms with Gasteiger partial charge in [0.2, 0.25) is 0 Å². The molecule has 1 fully saturated rings. The van der Waals surface area contributed by atoms with Crippen molar-refractivity contribution in [3.05, 3.63) is 34.1 Å². The summed E-state index contributed by atoms with van der Waals surface area (Å²) in [6.07, 6.45) is 3.43. The van der Waals surface area contributed by atoms with Gasteiger partial charge in [-0.1, -0.05) is 22.4 Å². The minimum absolute atomic E-state index is 0.0502. The lowest BCUT2D eigenvalue weighted by Crippen LogP contribution is -2.41. The Morgan fingerprint density at radius 3 is 2.88 bits per heavy atom. The van der Waals surface area contributed by atoms with Crippen molar-refractivity contribution in [2.45, 2.75) is 31.7 Å². The van der Waals surface area contributed by atoms with Crippen molar-refractivity contribution in [3.63, 3.8) is 0 Å². The van der Waals surface area contributed by atoms with E-state index in [-0.39, 0.29) is 17.6 Å². The lowest BCUT2D eigenvalue weighted by molar-refractivity contribution is -0.120. The van der Waals surface area contributed by atoms with E-state index in [2.05, 4.69) is 21.2 Å². The first-order valence-electron chi connectivity index (χ1n) is 5.86. The molecule has 1 saturated heterocycles. The lowest BCUT2D eigenvalue weighted by Gasteiger charge is -2.22. The van der Waals surface area contributed by atoms with E-state index in [1.165, 1.54) is 12.1 Å². The number of halogens is 2. The van der Waals surface area contributed by atoms with Crippen LogP contribution in [0.4, 0.5) is 4.39 Å². The molecule has 0 saturated carbocycles. The maximum atomic E-state index is 13.2. The van der Waals surface area contributed by atoms with Gasteiger partial charge in [0.05, 0.1) is 6.04 Å². The average molecular weight is 300 g/mol. The summed E-state index contributed by atoms with van der Waals surface area (Å²) in [7, 11) is 0. The quantitative estimate of drug-likeness (QED) is 0.930. The Morgan fingerprint density at radius 2 is 2.24 bits per heavy atom. The molecule has 0 spiro atoms. The minimum Gasteiger partial charge on any atom is -0.307 e. The smallest absolute Gasteiger partial charge is 0.154 e. The number of carbonyl (C=O) groups excluding carboxylic acids is 1. The van der Waals surface area contributed by atoms with E-state index in [0.717, 1.165) is 31.4 Å². The van der Waals surface area contributed by atoms with Crippen LogP contribution in [0.1, 0.15) is 24.8 Å². The van der Waals surface area contributed by atoms with Crippen LogP contribution in [-0.2, 0) is 11.2 Å². The van der Waals surface area contributed by atoms with Crippen LogP contribution in [0.5, 0.6) is 0 Å². The van der Waals surface area contributed by atoms with Gasteiger partial charge in [0, 0.05) is 10.9 Å². The van der Waals surface area contributed by atoms with Crippen LogP contribution in [0.25, 0.3) is 0 Å². The van der Waals surface area contributed by atoms with Crippen LogP contribution in [0.3, 0.4) is 0 Å². The molecule has 0 amide bonds. The molecular formula is C13H15BrFNO. The fraction of sp³-hybridized carbons (Fsp3) is 0.462. The third-order valence-electron chi connectivity index (χ3n) is 3.00. The van der Waals surface area contributed by atoms with Gasteiger partial charge in [0.1, 0.15) is 5.82 Å². The molecular weight excluding hydrogens is 285 g/mol. The Bertz CT molecular complexity index is 396. The largest absolute Gasteiger partial charge is 0.307 e. The number of carbonyl (C=O) groups is 1. The number of hydrogen-bond acceptors (Lipinski definition) is 2. The molecule has 0 aromatic heterocycles. The predicted molar refractivity (Wildman–Crippen MR) is 68.5 cm³/mol. The van der Waals surface area contributed by atoms with E-state index in [1.807, 2.05) is 0 Å². The number of benzene rings is 1. The second-order valence-electron chi connectivity index (χ2n) is 4.42. The molecule has 4 heteroatoms. The number of nitrogens with one attached hydrogen (secondary N) is 1. The highest BCUT2D eigenvalue weighted by Crippen LogP contribution is 2.17. The third kappa shape index (κ3) is 3.61. The highest BCUT2D eigenvalue weighted by molar-refractivity contribution is 9.10. The molecule has 1 heterocycles. The summed E-state index contributed by atoms with van der Waals surface area (Å²) >= 11 is 3.23. The summed E-state index contributed by atoms with van der Waals surface area (Å²) in [5.41, 5.74) is 0.731. The first kappa shape index (κ1) is 12.7. The molecule has 1 aromatic carbocycles. The van der Waals surface area contributed by atoms with Gasteiger partial charge < -0.3 is 5.32 Å². The number of ketones is 1. The zero-order valence-corrected chi connectivity index (χ0v) is 11.1. The van der Waals surface area contributed by atoms with Crippen molar-refractivity contribution >= 4 is 21.7 Å². The van der Waals surface area contributed by atoms with Gasteiger partial charge in [-0.25, -0.2) is 4.39 Å². The van der Waals surface area contributed by atoms with Gasteiger partial charge in [0.25, 0.3) is 0 Å². The van der Waals surface area contributed by atoms with Crippen molar-refractivity contribution in [2.24, 2.45) is 0 Å². The zero-order valence-electron chi connectivity index (χ0n) is 9.51. The molecule has 1 aliphatic rings. The molecule has 1 atom stereocenters. The SMILES string of the molecule is O=C(Cc1cc(F)cc(Br)c1)C1CCCCN1. The summed E-state index contributed by atoms with van der Waals surface area (Å²) in [6, 6.07) is 4.56. The van der Waals surface area contributed by atoms with Crippen molar-refractivity contribution < 1.29 is 9.18 Å². The highest BCUT2D eigenvalue weighted by atomic mass is 79.9. The molecule has 1 aromatic rings. The number of hydrogen-bond donors (Lipinski definition) is 1. The summed E-state index contributed by atoms with van der Waals surface area (Å²) in [5, 5.41) is 3.21. The molecule has 0 radical (unpaired) electrons. The molecule has 92 valence electrons. The maximum absolute atomic E-state index is 13.2. The maximum Gasteiger partial charge on any atom is 0.154 e. The van der Waals surface area contributed by atoms with Crippen molar-refractivity contribution in [1.29, 1.82) is 0 Å². The van der Waals surface area contributed by atoms with Gasteiger partial charge in [-0.05, 0) is 43.1 Å². The van der Waals surface area contributed by atoms with Crippen molar-refractivity contribution in [3.8, 4) is 0 Å². The van der Waals surface area contributed by atoms with Crippen LogP contribution in [0, 0.1) is 5.82 Å². The molecule has 1 N–H and O–H groups in total. The topological polar surface area (TPSA) is 29.1 Å². The molecule has 1 unspecified atom stereocenters. The zero-order chi connectivity index (χ0) is 12.3. The summed E-state index contributed by atoms with van der Waals surface area (Å²) < 4.78 is 13.8. The van der Waals surface area contributed by atoms with Gasteiger partial charge >= 0.3 is 0 Å². The fourth-order valence-corrected chi connectivity index (χ4v) is 2.68. The summed E-state index contributed by atoms with van der Waals surface area (Å²) in [6.45, 7) is 0.906. The fourth-order valence-electron chi connectivity index (χ4n) is 2.16. The monoisotopic (exact) mass is 299 g/mol. The Balaban J connectivity index is 2.01. The Morgan fingerprint density at radius 1 is 1.41 bits per heavy atom. The molecule has 0 aliphatic carbocycles. The third-order valence-corrected chi connectivity index (χ3v) is 3.46. The molecule has 17 heavy (non-hydrogen) atoms. The molecule has 2 rings (SSSR count). The van der Waals surface area contributed by atoms with E-state index in [1.54, 1.807) is 6.07 Å². The molecule has 1 aliphatic heterocycles. The van der Waals surface area contributed by atoms with Gasteiger partial charge in [-0.15, -0.1) is 0 Å². The second kappa shape index (κ2) is 5.74. The second-order valence-corrected chi connectivity index (χ2v) is 5.34. The first-order chi connectivity index (χ1) is 8.15. The van der Waals surface area contributed by atoms with Crippen LogP contribution in [0.2, 0.25) is 0 Å². The minimum atomic E-state index is -0.307. The van der Waals surface area contributed by atoms with Crippen molar-refractivity contribution in [1.82, 2.24) is 5.32 Å². The van der Waals surface area contributed by atoms with Crippen LogP contribution < -0.4 is 5.32 Å². The van der Waals surface area contributed by atoms with Crippen LogP contribution >= 0.6 is 15.9 Å². The average Bonchev–Trinajstić information content (AvgIpc) is 2.28. The van der Waals surface area contributed by atoms with E-state index in [4.69, 9.17) is 0 Å². The number of rotatable bonds is 3. The number of piperidine rings is 1. The van der Waals surface area contributed by atoms with E-state index < -0.39 is 0 Å². The van der Waals surface area contributed by atoms with E-state index >= 15 is 0 Å². The Labute approximate surface area is 109 Å². The molecule has 2 nitrogen and oxygen atoms in total. The van der Waals surface area contributed by atoms with Crippen molar-refractivity contribution in [2.75, 3.05) is 6.54 Å². The van der Waals surface area contributed by atoms with Crippen LogP contribution in [-0.4, -0.2) is 18.4 Å². The highest BCUT2D eigenvalue weighted by Gasteiger charge is 2.20. The normalized spacial score (nSPS) is 20.2. The van der Waals surface area contributed by atoms with Gasteiger partial charge in [-0.3, -0.25) is 4.79 Å². The molecule has 0 bridgehead atoms.